The van der Waals surface area contributed by atoms with Crippen molar-refractivity contribution in [2.45, 2.75) is 218 Å². The van der Waals surface area contributed by atoms with E-state index in [2.05, 4.69) is 38.1 Å². The number of rotatable bonds is 35. The Labute approximate surface area is 309 Å². The number of hydrogen-bond donors (Lipinski definition) is 2. The Morgan fingerprint density at radius 1 is 0.380 bits per heavy atom. The first-order chi connectivity index (χ1) is 24.7. The molecule has 4 nitrogen and oxygen atoms in total. The van der Waals surface area contributed by atoms with Gasteiger partial charge >= 0.3 is 0 Å². The molecule has 2 rings (SSSR count). The lowest BCUT2D eigenvalue weighted by atomic mass is 9.94. The predicted octanol–water partition coefficient (Wildman–Crippen LogP) is 13.1. The average molecular weight is 695 g/mol. The van der Waals surface area contributed by atoms with E-state index in [1.165, 1.54) is 128 Å². The lowest BCUT2D eigenvalue weighted by molar-refractivity contribution is -0.147. The van der Waals surface area contributed by atoms with Gasteiger partial charge in [-0.25, -0.2) is 0 Å². The summed E-state index contributed by atoms with van der Waals surface area (Å²) >= 11 is 0. The van der Waals surface area contributed by atoms with Gasteiger partial charge < -0.3 is 19.7 Å². The SMILES string of the molecule is CCCCCCCCCCCCCC[C@@H](OCc1ccccc1)[C@@H](O)[C@H](O)[C@@H](CCCCCCCCCCCCCC)OCc1ccccc1. The van der Waals surface area contributed by atoms with E-state index in [0.717, 1.165) is 49.7 Å². The number of aliphatic hydroxyl groups excluding tert-OH is 2. The highest BCUT2D eigenvalue weighted by molar-refractivity contribution is 5.14. The molecule has 0 aliphatic rings. The minimum Gasteiger partial charge on any atom is -0.388 e. The van der Waals surface area contributed by atoms with Crippen LogP contribution in [0.2, 0.25) is 0 Å². The summed E-state index contributed by atoms with van der Waals surface area (Å²) < 4.78 is 12.8. The molecule has 2 aromatic carbocycles. The fraction of sp³-hybridized carbons (Fsp3) is 0.739. The maximum Gasteiger partial charge on any atom is 0.109 e. The van der Waals surface area contributed by atoms with Crippen LogP contribution >= 0.6 is 0 Å². The van der Waals surface area contributed by atoms with Crippen molar-refractivity contribution >= 4 is 0 Å². The van der Waals surface area contributed by atoms with Crippen LogP contribution in [0.3, 0.4) is 0 Å². The van der Waals surface area contributed by atoms with Gasteiger partial charge in [0.15, 0.2) is 0 Å². The second-order valence-corrected chi connectivity index (χ2v) is 15.0. The van der Waals surface area contributed by atoms with Gasteiger partial charge in [-0.2, -0.15) is 0 Å². The Kier molecular flexibility index (Phi) is 28.4. The van der Waals surface area contributed by atoms with Gasteiger partial charge in [0.2, 0.25) is 0 Å². The monoisotopic (exact) mass is 695 g/mol. The van der Waals surface area contributed by atoms with Gasteiger partial charge in [-0.15, -0.1) is 0 Å². The highest BCUT2D eigenvalue weighted by atomic mass is 16.5. The van der Waals surface area contributed by atoms with Gasteiger partial charge in [0, 0.05) is 0 Å². The quantitative estimate of drug-likeness (QED) is 0.0705. The number of unbranched alkanes of at least 4 members (excludes halogenated alkanes) is 22. The fourth-order valence-corrected chi connectivity index (χ4v) is 7.07. The van der Waals surface area contributed by atoms with Crippen molar-refractivity contribution in [1.29, 1.82) is 0 Å². The van der Waals surface area contributed by atoms with Crippen molar-refractivity contribution in [3.63, 3.8) is 0 Å². The standard InChI is InChI=1S/C46H78O4/c1-3-5-7-9-11-13-15-17-19-21-23-31-37-43(49-39-41-33-27-25-28-34-41)45(47)46(48)44(50-40-42-35-29-26-30-36-42)38-32-24-22-20-18-16-14-12-10-8-6-4-2/h25-30,33-36,43-48H,3-24,31-32,37-40H2,1-2H3/t43-,44-,45-,46-/m1/s1. The maximum atomic E-state index is 11.6. The van der Waals surface area contributed by atoms with Crippen molar-refractivity contribution in [3.05, 3.63) is 71.8 Å². The molecular weight excluding hydrogens is 617 g/mol. The molecule has 0 saturated heterocycles. The molecule has 0 fully saturated rings. The van der Waals surface area contributed by atoms with Crippen molar-refractivity contribution in [2.75, 3.05) is 0 Å². The van der Waals surface area contributed by atoms with Crippen molar-refractivity contribution in [2.24, 2.45) is 0 Å². The van der Waals surface area contributed by atoms with Crippen LogP contribution in [0.15, 0.2) is 60.7 Å². The molecule has 0 aliphatic carbocycles. The average Bonchev–Trinajstić information content (AvgIpc) is 3.15. The van der Waals surface area contributed by atoms with Crippen LogP contribution in [0, 0.1) is 0 Å². The third-order valence-electron chi connectivity index (χ3n) is 10.4. The summed E-state index contributed by atoms with van der Waals surface area (Å²) in [7, 11) is 0. The zero-order chi connectivity index (χ0) is 35.7. The highest BCUT2D eigenvalue weighted by Gasteiger charge is 2.33. The molecular formula is C46H78O4. The molecule has 2 aromatic rings. The van der Waals surface area contributed by atoms with Crippen LogP contribution in [0.1, 0.15) is 192 Å². The zero-order valence-corrected chi connectivity index (χ0v) is 32.6. The summed E-state index contributed by atoms with van der Waals surface area (Å²) in [6.07, 6.45) is 29.7. The van der Waals surface area contributed by atoms with E-state index in [0.29, 0.717) is 13.2 Å². The van der Waals surface area contributed by atoms with Gasteiger partial charge in [0.25, 0.3) is 0 Å². The molecule has 0 aliphatic heterocycles. The lowest BCUT2D eigenvalue weighted by Crippen LogP contribution is -2.46. The first-order valence-electron chi connectivity index (χ1n) is 21.3. The van der Waals surface area contributed by atoms with Crippen molar-refractivity contribution in [1.82, 2.24) is 0 Å². The first kappa shape index (κ1) is 44.4. The third kappa shape index (κ3) is 23.0. The maximum absolute atomic E-state index is 11.6. The minimum atomic E-state index is -0.996. The molecule has 0 heterocycles. The molecule has 0 aromatic heterocycles. The molecule has 286 valence electrons. The molecule has 4 atom stereocenters. The number of aliphatic hydroxyl groups is 2. The minimum absolute atomic E-state index is 0.432. The summed E-state index contributed by atoms with van der Waals surface area (Å²) in [5.41, 5.74) is 2.17. The Hall–Kier alpha value is -1.72. The van der Waals surface area contributed by atoms with Gasteiger partial charge in [-0.1, -0.05) is 229 Å². The van der Waals surface area contributed by atoms with E-state index >= 15 is 0 Å². The molecule has 0 saturated carbocycles. The Balaban J connectivity index is 1.84. The topological polar surface area (TPSA) is 58.9 Å². The molecule has 50 heavy (non-hydrogen) atoms. The Bertz CT molecular complexity index is 887. The second kappa shape index (κ2) is 32.0. The summed E-state index contributed by atoms with van der Waals surface area (Å²) in [6, 6.07) is 20.3. The summed E-state index contributed by atoms with van der Waals surface area (Å²) in [6.45, 7) is 5.42. The van der Waals surface area contributed by atoms with Crippen LogP contribution in [0.4, 0.5) is 0 Å². The van der Waals surface area contributed by atoms with Gasteiger partial charge in [-0.3, -0.25) is 0 Å². The Morgan fingerprint density at radius 2 is 0.640 bits per heavy atom. The summed E-state index contributed by atoms with van der Waals surface area (Å²) in [5, 5.41) is 23.3. The Morgan fingerprint density at radius 3 is 0.920 bits per heavy atom. The van der Waals surface area contributed by atoms with E-state index in [1.807, 2.05) is 36.4 Å². The third-order valence-corrected chi connectivity index (χ3v) is 10.4. The van der Waals surface area contributed by atoms with Crippen LogP contribution in [0.5, 0.6) is 0 Å². The van der Waals surface area contributed by atoms with Crippen LogP contribution in [-0.4, -0.2) is 34.6 Å². The van der Waals surface area contributed by atoms with Crippen LogP contribution in [0.25, 0.3) is 0 Å². The molecule has 0 bridgehead atoms. The molecule has 0 radical (unpaired) electrons. The fourth-order valence-electron chi connectivity index (χ4n) is 7.07. The first-order valence-corrected chi connectivity index (χ1v) is 21.3. The van der Waals surface area contributed by atoms with Crippen LogP contribution < -0.4 is 0 Å². The van der Waals surface area contributed by atoms with Gasteiger partial charge in [0.05, 0.1) is 25.4 Å². The van der Waals surface area contributed by atoms with E-state index < -0.39 is 24.4 Å². The number of hydrogen-bond acceptors (Lipinski definition) is 4. The molecule has 0 unspecified atom stereocenters. The van der Waals surface area contributed by atoms with E-state index in [1.54, 1.807) is 0 Å². The van der Waals surface area contributed by atoms with Gasteiger partial charge in [0.1, 0.15) is 12.2 Å². The van der Waals surface area contributed by atoms with E-state index in [9.17, 15) is 10.2 Å². The zero-order valence-electron chi connectivity index (χ0n) is 32.6. The second-order valence-electron chi connectivity index (χ2n) is 15.0. The van der Waals surface area contributed by atoms with E-state index in [-0.39, 0.29) is 0 Å². The predicted molar refractivity (Wildman–Crippen MR) is 213 cm³/mol. The van der Waals surface area contributed by atoms with Crippen molar-refractivity contribution in [3.8, 4) is 0 Å². The highest BCUT2D eigenvalue weighted by Crippen LogP contribution is 2.23. The normalized spacial score (nSPS) is 14.1. The summed E-state index contributed by atoms with van der Waals surface area (Å²) in [4.78, 5) is 0. The largest absolute Gasteiger partial charge is 0.388 e. The van der Waals surface area contributed by atoms with E-state index in [4.69, 9.17) is 9.47 Å². The molecule has 0 amide bonds. The van der Waals surface area contributed by atoms with Crippen LogP contribution in [-0.2, 0) is 22.7 Å². The molecule has 0 spiro atoms. The molecule has 2 N–H and O–H groups in total. The number of ether oxygens (including phenoxy) is 2. The molecule has 4 heteroatoms. The smallest absolute Gasteiger partial charge is 0.109 e. The lowest BCUT2D eigenvalue weighted by Gasteiger charge is -2.32. The summed E-state index contributed by atoms with van der Waals surface area (Å²) in [5.74, 6) is 0. The van der Waals surface area contributed by atoms with Crippen molar-refractivity contribution < 1.29 is 19.7 Å². The number of benzene rings is 2. The van der Waals surface area contributed by atoms with Gasteiger partial charge in [-0.05, 0) is 24.0 Å².